The highest BCUT2D eigenvalue weighted by Crippen LogP contribution is 1.93. The average Bonchev–Trinajstić information content (AvgIpc) is 1.85. The maximum atomic E-state index is 10.4. The topological polar surface area (TPSA) is 38.3 Å². The first kappa shape index (κ1) is 9.88. The highest BCUT2D eigenvalue weighted by Gasteiger charge is 1.96. The van der Waals surface area contributed by atoms with Gasteiger partial charge in [0, 0.05) is 12.7 Å². The molecule has 0 saturated carbocycles. The van der Waals surface area contributed by atoms with Crippen LogP contribution in [0.15, 0.2) is 0 Å². The lowest BCUT2D eigenvalue weighted by molar-refractivity contribution is 0.368. The SMILES string of the molecule is CCCC(C)NCN(C)[O-]. The number of nitrogens with one attached hydrogen (secondary N) is 1. The Labute approximate surface area is 63.0 Å². The second kappa shape index (κ2) is 5.65. The van der Waals surface area contributed by atoms with Crippen molar-refractivity contribution in [3.8, 4) is 0 Å². The first-order valence-electron chi connectivity index (χ1n) is 3.78. The summed E-state index contributed by atoms with van der Waals surface area (Å²) in [6, 6.07) is 0.460. The summed E-state index contributed by atoms with van der Waals surface area (Å²) >= 11 is 0. The molecule has 0 aliphatic carbocycles. The molecule has 0 aromatic rings. The van der Waals surface area contributed by atoms with Crippen molar-refractivity contribution in [2.75, 3.05) is 13.7 Å². The molecule has 0 rings (SSSR count). The fourth-order valence-electron chi connectivity index (χ4n) is 0.819. The summed E-state index contributed by atoms with van der Waals surface area (Å²) in [6.45, 7) is 4.66. The van der Waals surface area contributed by atoms with Gasteiger partial charge in [-0.15, -0.1) is 0 Å². The van der Waals surface area contributed by atoms with Crippen LogP contribution in [0.5, 0.6) is 0 Å². The molecule has 1 unspecified atom stereocenters. The summed E-state index contributed by atoms with van der Waals surface area (Å²) in [6.07, 6.45) is 2.30. The second-order valence-corrected chi connectivity index (χ2v) is 2.68. The second-order valence-electron chi connectivity index (χ2n) is 2.68. The zero-order valence-corrected chi connectivity index (χ0v) is 7.05. The van der Waals surface area contributed by atoms with Crippen molar-refractivity contribution in [2.45, 2.75) is 32.7 Å². The lowest BCUT2D eigenvalue weighted by atomic mass is 10.2. The smallest absolute Gasteiger partial charge is 0.0364 e. The normalized spacial score (nSPS) is 14.1. The molecule has 62 valence electrons. The Morgan fingerprint density at radius 3 is 2.60 bits per heavy atom. The van der Waals surface area contributed by atoms with E-state index in [1.54, 1.807) is 0 Å². The summed E-state index contributed by atoms with van der Waals surface area (Å²) in [4.78, 5) is 0. The number of rotatable bonds is 5. The third-order valence-electron chi connectivity index (χ3n) is 1.38. The fraction of sp³-hybridized carbons (Fsp3) is 1.00. The Kier molecular flexibility index (Phi) is 5.58. The molecule has 0 heterocycles. The zero-order valence-electron chi connectivity index (χ0n) is 7.05. The van der Waals surface area contributed by atoms with Gasteiger partial charge < -0.3 is 15.6 Å². The van der Waals surface area contributed by atoms with Gasteiger partial charge in [-0.2, -0.15) is 0 Å². The minimum Gasteiger partial charge on any atom is -0.784 e. The number of hydrogen-bond acceptors (Lipinski definition) is 3. The molecular formula is C7H17N2O-. The quantitative estimate of drug-likeness (QED) is 0.466. The van der Waals surface area contributed by atoms with Crippen LogP contribution >= 0.6 is 0 Å². The van der Waals surface area contributed by atoms with Crippen LogP contribution in [0.1, 0.15) is 26.7 Å². The summed E-state index contributed by atoms with van der Waals surface area (Å²) in [5.41, 5.74) is 0. The Bertz CT molecular complexity index is 76.0. The molecule has 10 heavy (non-hydrogen) atoms. The summed E-state index contributed by atoms with van der Waals surface area (Å²) < 4.78 is 0. The van der Waals surface area contributed by atoms with E-state index in [0.29, 0.717) is 12.7 Å². The van der Waals surface area contributed by atoms with Gasteiger partial charge in [-0.1, -0.05) is 13.3 Å². The van der Waals surface area contributed by atoms with E-state index in [1.165, 1.54) is 7.05 Å². The molecule has 0 fully saturated rings. The minimum atomic E-state index is 0.432. The summed E-state index contributed by atoms with van der Waals surface area (Å²) in [5.74, 6) is 0. The first-order valence-corrected chi connectivity index (χ1v) is 3.78. The third-order valence-corrected chi connectivity index (χ3v) is 1.38. The Hall–Kier alpha value is -0.120. The first-order chi connectivity index (χ1) is 4.66. The highest BCUT2D eigenvalue weighted by molar-refractivity contribution is 4.58. The van der Waals surface area contributed by atoms with Gasteiger partial charge in [-0.05, 0) is 20.4 Å². The van der Waals surface area contributed by atoms with Gasteiger partial charge in [0.15, 0.2) is 0 Å². The van der Waals surface area contributed by atoms with Crippen LogP contribution in [0.2, 0.25) is 0 Å². The monoisotopic (exact) mass is 145 g/mol. The lowest BCUT2D eigenvalue weighted by Crippen LogP contribution is -2.33. The van der Waals surface area contributed by atoms with E-state index in [4.69, 9.17) is 0 Å². The van der Waals surface area contributed by atoms with Crippen molar-refractivity contribution in [2.24, 2.45) is 0 Å². The van der Waals surface area contributed by atoms with Gasteiger partial charge in [-0.3, -0.25) is 0 Å². The molecule has 1 N–H and O–H groups in total. The maximum Gasteiger partial charge on any atom is 0.0364 e. The van der Waals surface area contributed by atoms with Crippen LogP contribution in [-0.2, 0) is 0 Å². The third kappa shape index (κ3) is 6.01. The van der Waals surface area contributed by atoms with Crippen molar-refractivity contribution >= 4 is 0 Å². The molecule has 3 nitrogen and oxygen atoms in total. The molecule has 0 aromatic carbocycles. The van der Waals surface area contributed by atoms with Crippen molar-refractivity contribution in [1.82, 2.24) is 10.4 Å². The average molecular weight is 145 g/mol. The molecule has 0 saturated heterocycles. The maximum absolute atomic E-state index is 10.4. The Morgan fingerprint density at radius 1 is 1.60 bits per heavy atom. The zero-order chi connectivity index (χ0) is 7.98. The van der Waals surface area contributed by atoms with Crippen LogP contribution in [0.4, 0.5) is 0 Å². The fourth-order valence-corrected chi connectivity index (χ4v) is 0.819. The summed E-state index contributed by atoms with van der Waals surface area (Å²) in [7, 11) is 1.52. The molecule has 0 aromatic heterocycles. The van der Waals surface area contributed by atoms with E-state index in [-0.39, 0.29) is 0 Å². The van der Waals surface area contributed by atoms with Crippen LogP contribution in [0.25, 0.3) is 0 Å². The van der Waals surface area contributed by atoms with E-state index in [0.717, 1.165) is 17.9 Å². The van der Waals surface area contributed by atoms with Crippen LogP contribution in [-0.4, -0.2) is 24.8 Å². The molecule has 0 aliphatic rings. The Balaban J connectivity index is 3.12. The minimum absolute atomic E-state index is 0.432. The molecule has 0 amide bonds. The number of nitrogens with zero attached hydrogens (tertiary/aromatic N) is 1. The van der Waals surface area contributed by atoms with E-state index < -0.39 is 0 Å². The van der Waals surface area contributed by atoms with Crippen molar-refractivity contribution < 1.29 is 0 Å². The predicted octanol–water partition coefficient (Wildman–Crippen LogP) is 1.15. The van der Waals surface area contributed by atoms with E-state index in [2.05, 4.69) is 19.2 Å². The van der Waals surface area contributed by atoms with Gasteiger partial charge >= 0.3 is 0 Å². The standard InChI is InChI=1S/C7H17N2O/c1-4-5-7(2)8-6-9(3)10/h7-8H,4-6H2,1-3H3/q-1. The molecule has 0 aliphatic heterocycles. The molecule has 3 heteroatoms. The van der Waals surface area contributed by atoms with Crippen LogP contribution in [0, 0.1) is 5.21 Å². The van der Waals surface area contributed by atoms with Gasteiger partial charge in [0.2, 0.25) is 0 Å². The van der Waals surface area contributed by atoms with Crippen molar-refractivity contribution in [3.63, 3.8) is 0 Å². The van der Waals surface area contributed by atoms with Crippen LogP contribution in [0.3, 0.4) is 0 Å². The van der Waals surface area contributed by atoms with Gasteiger partial charge in [-0.25, -0.2) is 0 Å². The molecule has 0 spiro atoms. The molecule has 0 radical (unpaired) electrons. The largest absolute Gasteiger partial charge is 0.784 e. The van der Waals surface area contributed by atoms with Gasteiger partial charge in [0.05, 0.1) is 0 Å². The van der Waals surface area contributed by atoms with Gasteiger partial charge in [0.1, 0.15) is 0 Å². The van der Waals surface area contributed by atoms with Crippen molar-refractivity contribution in [1.29, 1.82) is 0 Å². The Morgan fingerprint density at radius 2 is 2.20 bits per heavy atom. The highest BCUT2D eigenvalue weighted by atomic mass is 16.5. The van der Waals surface area contributed by atoms with Crippen molar-refractivity contribution in [3.05, 3.63) is 5.21 Å². The molecule has 1 atom stereocenters. The lowest BCUT2D eigenvalue weighted by Gasteiger charge is -2.24. The van der Waals surface area contributed by atoms with Gasteiger partial charge in [0.25, 0.3) is 0 Å². The van der Waals surface area contributed by atoms with E-state index in [9.17, 15) is 5.21 Å². The predicted molar refractivity (Wildman–Crippen MR) is 43.5 cm³/mol. The number of hydroxylamine groups is 2. The summed E-state index contributed by atoms with van der Waals surface area (Å²) in [5, 5.41) is 14.4. The number of hydrogen-bond donors (Lipinski definition) is 1. The van der Waals surface area contributed by atoms with E-state index >= 15 is 0 Å². The molecular weight excluding hydrogens is 128 g/mol. The molecule has 0 bridgehead atoms. The van der Waals surface area contributed by atoms with Crippen LogP contribution < -0.4 is 5.32 Å². The van der Waals surface area contributed by atoms with E-state index in [1.807, 2.05) is 0 Å².